The van der Waals surface area contributed by atoms with E-state index in [9.17, 15) is 0 Å². The smallest absolute Gasteiger partial charge is 0.171 e. The first-order valence-corrected chi connectivity index (χ1v) is 6.50. The first-order chi connectivity index (χ1) is 9.26. The normalized spacial score (nSPS) is 10.5. The summed E-state index contributed by atoms with van der Waals surface area (Å²) >= 11 is 1.43. The second-order valence-corrected chi connectivity index (χ2v) is 5.06. The molecule has 3 N–H and O–H groups in total. The average molecular weight is 266 g/mol. The Hall–Kier alpha value is -2.45. The van der Waals surface area contributed by atoms with Crippen LogP contribution >= 0.6 is 11.8 Å². The zero-order valence-corrected chi connectivity index (χ0v) is 10.7. The van der Waals surface area contributed by atoms with Gasteiger partial charge >= 0.3 is 0 Å². The zero-order valence-electron chi connectivity index (χ0n) is 9.92. The number of para-hydroxylation sites is 2. The van der Waals surface area contributed by atoms with Gasteiger partial charge in [-0.25, -0.2) is 4.98 Å². The van der Waals surface area contributed by atoms with Crippen molar-refractivity contribution in [1.82, 2.24) is 9.97 Å². The lowest BCUT2D eigenvalue weighted by molar-refractivity contribution is 1.08. The third kappa shape index (κ3) is 2.26. The van der Waals surface area contributed by atoms with E-state index in [4.69, 9.17) is 11.0 Å². The molecule has 0 fully saturated rings. The Labute approximate surface area is 114 Å². The van der Waals surface area contributed by atoms with Crippen LogP contribution in [0.15, 0.2) is 52.5 Å². The van der Waals surface area contributed by atoms with Crippen LogP contribution in [-0.4, -0.2) is 9.97 Å². The molecule has 0 radical (unpaired) electrons. The predicted molar refractivity (Wildman–Crippen MR) is 75.8 cm³/mol. The third-order valence-corrected chi connectivity index (χ3v) is 3.66. The summed E-state index contributed by atoms with van der Waals surface area (Å²) in [6.07, 6.45) is 0. The minimum atomic E-state index is 0.561. The van der Waals surface area contributed by atoms with Crippen LogP contribution in [0.5, 0.6) is 0 Å². The van der Waals surface area contributed by atoms with Crippen molar-refractivity contribution >= 4 is 28.5 Å². The Kier molecular flexibility index (Phi) is 2.86. The summed E-state index contributed by atoms with van der Waals surface area (Å²) in [6, 6.07) is 15.3. The molecule has 0 unspecified atom stereocenters. The highest BCUT2D eigenvalue weighted by Gasteiger charge is 2.08. The summed E-state index contributed by atoms with van der Waals surface area (Å²) in [6.45, 7) is 0. The summed E-state index contributed by atoms with van der Waals surface area (Å²) in [5.41, 5.74) is 8.72. The monoisotopic (exact) mass is 266 g/mol. The Bertz CT molecular complexity index is 752. The van der Waals surface area contributed by atoms with E-state index < -0.39 is 0 Å². The molecule has 0 bridgehead atoms. The van der Waals surface area contributed by atoms with Crippen molar-refractivity contribution in [2.24, 2.45) is 0 Å². The Morgan fingerprint density at radius 3 is 2.84 bits per heavy atom. The van der Waals surface area contributed by atoms with Crippen molar-refractivity contribution in [1.29, 1.82) is 5.26 Å². The molecule has 0 spiro atoms. The van der Waals surface area contributed by atoms with Crippen molar-refractivity contribution < 1.29 is 0 Å². The van der Waals surface area contributed by atoms with E-state index in [-0.39, 0.29) is 0 Å². The van der Waals surface area contributed by atoms with Crippen molar-refractivity contribution in [2.75, 3.05) is 5.73 Å². The van der Waals surface area contributed by atoms with Gasteiger partial charge in [-0.3, -0.25) is 0 Å². The summed E-state index contributed by atoms with van der Waals surface area (Å²) < 4.78 is 0. The maximum absolute atomic E-state index is 9.11. The molecule has 5 heteroatoms. The summed E-state index contributed by atoms with van der Waals surface area (Å²) in [7, 11) is 0. The summed E-state index contributed by atoms with van der Waals surface area (Å²) in [5, 5.41) is 9.88. The molecule has 0 saturated heterocycles. The fourth-order valence-corrected chi connectivity index (χ4v) is 2.67. The molecule has 92 valence electrons. The van der Waals surface area contributed by atoms with Crippen molar-refractivity contribution in [3.8, 4) is 6.07 Å². The molecule has 0 amide bonds. The van der Waals surface area contributed by atoms with Gasteiger partial charge < -0.3 is 10.7 Å². The average Bonchev–Trinajstić information content (AvgIpc) is 2.83. The van der Waals surface area contributed by atoms with Crippen LogP contribution in [-0.2, 0) is 0 Å². The summed E-state index contributed by atoms with van der Waals surface area (Å²) in [5.74, 6) is 0. The third-order valence-electron chi connectivity index (χ3n) is 2.70. The van der Waals surface area contributed by atoms with Crippen LogP contribution in [0.1, 0.15) is 5.56 Å². The second kappa shape index (κ2) is 4.67. The number of hydrogen-bond acceptors (Lipinski definition) is 4. The minimum Gasteiger partial charge on any atom is -0.399 e. The molecule has 3 rings (SSSR count). The number of anilines is 1. The molecule has 0 aliphatic rings. The number of nitrogens with zero attached hydrogens (tertiary/aromatic N) is 2. The van der Waals surface area contributed by atoms with Crippen LogP contribution in [0, 0.1) is 11.3 Å². The number of aromatic amines is 1. The quantitative estimate of drug-likeness (QED) is 0.698. The van der Waals surface area contributed by atoms with Crippen LogP contribution in [0.3, 0.4) is 0 Å². The number of aromatic nitrogens is 2. The first kappa shape index (κ1) is 11.6. The van der Waals surface area contributed by atoms with Crippen molar-refractivity contribution in [2.45, 2.75) is 10.1 Å². The fraction of sp³-hybridized carbons (Fsp3) is 0. The van der Waals surface area contributed by atoms with E-state index >= 15 is 0 Å². The molecule has 19 heavy (non-hydrogen) atoms. The van der Waals surface area contributed by atoms with Gasteiger partial charge in [-0.2, -0.15) is 5.26 Å². The van der Waals surface area contributed by atoms with Crippen LogP contribution in [0.4, 0.5) is 5.69 Å². The standard InChI is InChI=1S/C14H10N4S/c15-8-9-7-10(16)5-6-13(9)19-14-17-11-3-1-2-4-12(11)18-14/h1-7H,16H2,(H,17,18). The maximum atomic E-state index is 9.11. The molecule has 1 aromatic heterocycles. The fourth-order valence-electron chi connectivity index (χ4n) is 1.81. The second-order valence-electron chi connectivity index (χ2n) is 4.03. The molecule has 0 aliphatic carbocycles. The molecule has 0 aliphatic heterocycles. The van der Waals surface area contributed by atoms with Gasteiger partial charge in [0.2, 0.25) is 0 Å². The molecule has 1 heterocycles. The van der Waals surface area contributed by atoms with Crippen molar-refractivity contribution in [3.05, 3.63) is 48.0 Å². The van der Waals surface area contributed by atoms with Crippen molar-refractivity contribution in [3.63, 3.8) is 0 Å². The van der Waals surface area contributed by atoms with E-state index in [2.05, 4.69) is 16.0 Å². The van der Waals surface area contributed by atoms with E-state index in [0.29, 0.717) is 11.3 Å². The van der Waals surface area contributed by atoms with E-state index in [1.807, 2.05) is 30.3 Å². The Balaban J connectivity index is 1.99. The highest BCUT2D eigenvalue weighted by molar-refractivity contribution is 7.99. The van der Waals surface area contributed by atoms with E-state index in [0.717, 1.165) is 21.1 Å². The number of H-pyrrole nitrogens is 1. The topological polar surface area (TPSA) is 78.5 Å². The highest BCUT2D eigenvalue weighted by Crippen LogP contribution is 2.30. The van der Waals surface area contributed by atoms with Gasteiger partial charge in [-0.15, -0.1) is 0 Å². The lowest BCUT2D eigenvalue weighted by Gasteiger charge is -2.01. The van der Waals surface area contributed by atoms with Gasteiger partial charge in [0.15, 0.2) is 5.16 Å². The summed E-state index contributed by atoms with van der Waals surface area (Å²) in [4.78, 5) is 8.54. The largest absolute Gasteiger partial charge is 0.399 e. The maximum Gasteiger partial charge on any atom is 0.171 e. The molecule has 2 aromatic carbocycles. The molecule has 4 nitrogen and oxygen atoms in total. The Morgan fingerprint density at radius 2 is 2.05 bits per heavy atom. The first-order valence-electron chi connectivity index (χ1n) is 5.68. The van der Waals surface area contributed by atoms with Gasteiger partial charge in [0.05, 0.1) is 16.6 Å². The number of fused-ring (bicyclic) bond motifs is 1. The Morgan fingerprint density at radius 1 is 1.21 bits per heavy atom. The van der Waals surface area contributed by atoms with Gasteiger partial charge in [-0.05, 0) is 30.3 Å². The predicted octanol–water partition coefficient (Wildman–Crippen LogP) is 3.17. The molecule has 3 aromatic rings. The number of nitrogen functional groups attached to an aromatic ring is 1. The highest BCUT2D eigenvalue weighted by atomic mass is 32.2. The minimum absolute atomic E-state index is 0.561. The van der Waals surface area contributed by atoms with E-state index in [1.54, 1.807) is 12.1 Å². The lowest BCUT2D eigenvalue weighted by atomic mass is 10.2. The van der Waals surface area contributed by atoms with E-state index in [1.165, 1.54) is 11.8 Å². The molecule has 0 atom stereocenters. The number of benzene rings is 2. The molecule has 0 saturated carbocycles. The SMILES string of the molecule is N#Cc1cc(N)ccc1Sc1nc2ccccc2[nH]1. The number of rotatable bonds is 2. The van der Waals surface area contributed by atoms with Gasteiger partial charge in [-0.1, -0.05) is 23.9 Å². The zero-order chi connectivity index (χ0) is 13.2. The number of nitriles is 1. The number of hydrogen-bond donors (Lipinski definition) is 2. The van der Waals surface area contributed by atoms with Gasteiger partial charge in [0.1, 0.15) is 6.07 Å². The van der Waals surface area contributed by atoms with Gasteiger partial charge in [0, 0.05) is 10.6 Å². The molecular formula is C14H10N4S. The lowest BCUT2D eigenvalue weighted by Crippen LogP contribution is -1.88. The molecular weight excluding hydrogens is 256 g/mol. The number of imidazole rings is 1. The number of nitrogens with two attached hydrogens (primary N) is 1. The van der Waals surface area contributed by atoms with Crippen LogP contribution in [0.2, 0.25) is 0 Å². The number of nitrogens with one attached hydrogen (secondary N) is 1. The van der Waals surface area contributed by atoms with Crippen LogP contribution < -0.4 is 5.73 Å². The van der Waals surface area contributed by atoms with Gasteiger partial charge in [0.25, 0.3) is 0 Å². The van der Waals surface area contributed by atoms with Crippen LogP contribution in [0.25, 0.3) is 11.0 Å².